The molecular weight excluding hydrogens is 325 g/mol. The minimum Gasteiger partial charge on any atom is -0.246 e. The van der Waals surface area contributed by atoms with Crippen LogP contribution in [0, 0.1) is 11.8 Å². The fourth-order valence-corrected chi connectivity index (χ4v) is 3.26. The number of rotatable bonds is 7. The molecule has 1 unspecified atom stereocenters. The second-order valence-corrected chi connectivity index (χ2v) is 11.8. The third-order valence-electron chi connectivity index (χ3n) is 2.45. The summed E-state index contributed by atoms with van der Waals surface area (Å²) in [5.74, 6) is 6.55. The molecule has 0 aliphatic carbocycles. The maximum absolute atomic E-state index is 3.31. The Labute approximate surface area is 117 Å². The van der Waals surface area contributed by atoms with Gasteiger partial charge in [0.1, 0.15) is 0 Å². The van der Waals surface area contributed by atoms with Crippen molar-refractivity contribution in [3.63, 3.8) is 0 Å². The number of hydrogen-bond acceptors (Lipinski definition) is 1. The highest BCUT2D eigenvalue weighted by Crippen LogP contribution is 2.14. The molecule has 94 valence electrons. The van der Waals surface area contributed by atoms with Gasteiger partial charge >= 0.3 is 0 Å². The highest BCUT2D eigenvalue weighted by molar-refractivity contribution is 14.1. The van der Waals surface area contributed by atoms with Gasteiger partial charge in [-0.15, -0.1) is 5.92 Å². The lowest BCUT2D eigenvalue weighted by atomic mass is 10.1. The van der Waals surface area contributed by atoms with E-state index in [1.165, 1.54) is 25.3 Å². The topological polar surface area (TPSA) is 12.0 Å². The van der Waals surface area contributed by atoms with Gasteiger partial charge in [-0.25, -0.2) is 3.53 Å². The van der Waals surface area contributed by atoms with Gasteiger partial charge in [0.15, 0.2) is 0 Å². The van der Waals surface area contributed by atoms with E-state index in [1.54, 1.807) is 0 Å². The second kappa shape index (κ2) is 9.49. The Hall–Kier alpha value is 0.467. The van der Waals surface area contributed by atoms with Crippen LogP contribution in [0.25, 0.3) is 0 Å². The predicted octanol–water partition coefficient (Wildman–Crippen LogP) is 4.61. The molecule has 16 heavy (non-hydrogen) atoms. The summed E-state index contributed by atoms with van der Waals surface area (Å²) < 4.78 is 3.27. The van der Waals surface area contributed by atoms with Gasteiger partial charge < -0.3 is 0 Å². The third kappa shape index (κ3) is 11.0. The first-order valence-corrected chi connectivity index (χ1v) is 11.1. The van der Waals surface area contributed by atoms with Gasteiger partial charge in [-0.3, -0.25) is 0 Å². The lowest BCUT2D eigenvalue weighted by molar-refractivity contribution is 0.648. The van der Waals surface area contributed by atoms with E-state index in [4.69, 9.17) is 0 Å². The zero-order valence-corrected chi connectivity index (χ0v) is 14.4. The monoisotopic (exact) mass is 351 g/mol. The van der Waals surface area contributed by atoms with Crippen molar-refractivity contribution < 1.29 is 0 Å². The Balaban J connectivity index is 3.68. The molecule has 0 saturated carbocycles. The molecule has 0 amide bonds. The predicted molar refractivity (Wildman–Crippen MR) is 85.6 cm³/mol. The average molecular weight is 351 g/mol. The van der Waals surface area contributed by atoms with Crippen molar-refractivity contribution in [2.45, 2.75) is 70.8 Å². The van der Waals surface area contributed by atoms with Gasteiger partial charge in [-0.1, -0.05) is 51.4 Å². The van der Waals surface area contributed by atoms with Gasteiger partial charge in [0.05, 0.1) is 6.04 Å². The van der Waals surface area contributed by atoms with E-state index in [9.17, 15) is 0 Å². The minimum atomic E-state index is -0.829. The maximum atomic E-state index is 3.31. The molecule has 0 saturated heterocycles. The quantitative estimate of drug-likeness (QED) is 0.232. The summed E-state index contributed by atoms with van der Waals surface area (Å²) in [5.41, 5.74) is 0. The number of hydrogen-bond donors (Lipinski definition) is 1. The average Bonchev–Trinajstić information content (AvgIpc) is 2.20. The van der Waals surface area contributed by atoms with E-state index in [0.29, 0.717) is 6.04 Å². The van der Waals surface area contributed by atoms with Crippen LogP contribution in [0.15, 0.2) is 0 Å². The van der Waals surface area contributed by atoms with Crippen molar-refractivity contribution in [1.82, 2.24) is 3.53 Å². The summed E-state index contributed by atoms with van der Waals surface area (Å²) in [6.07, 6.45) is 6.08. The summed E-state index contributed by atoms with van der Waals surface area (Å²) in [6, 6.07) is 1.84. The van der Waals surface area contributed by atoms with Crippen molar-refractivity contribution in [1.29, 1.82) is 0 Å². The largest absolute Gasteiger partial charge is 0.246 e. The minimum absolute atomic E-state index is 0.397. The van der Waals surface area contributed by atoms with E-state index in [2.05, 4.69) is 64.8 Å². The summed E-state index contributed by atoms with van der Waals surface area (Å²) in [4.78, 5) is 0. The fraction of sp³-hybridized carbons (Fsp3) is 0.846. The molecule has 0 aromatic heterocycles. The molecule has 0 aromatic rings. The molecule has 1 N–H and O–H groups in total. The Morgan fingerprint density at radius 2 is 1.94 bits per heavy atom. The first-order chi connectivity index (χ1) is 7.49. The van der Waals surface area contributed by atoms with Crippen LogP contribution in [-0.4, -0.2) is 14.1 Å². The van der Waals surface area contributed by atoms with E-state index >= 15 is 0 Å². The van der Waals surface area contributed by atoms with Crippen LogP contribution in [0.2, 0.25) is 25.7 Å². The molecule has 0 aliphatic heterocycles. The SMILES string of the molecule is CCCC#CC(CCCC[Si](C)(C)C)NI. The standard InChI is InChI=1S/C13H26INSi/c1-5-6-7-10-13(15-14)11-8-9-12-16(2,3)4/h13,15H,5-6,8-9,11-12H2,1-4H3. The van der Waals surface area contributed by atoms with Crippen LogP contribution in [0.4, 0.5) is 0 Å². The lowest BCUT2D eigenvalue weighted by Crippen LogP contribution is -2.20. The van der Waals surface area contributed by atoms with Crippen molar-refractivity contribution in [2.75, 3.05) is 0 Å². The zero-order chi connectivity index (χ0) is 12.4. The summed E-state index contributed by atoms with van der Waals surface area (Å²) in [5, 5.41) is 0. The van der Waals surface area contributed by atoms with Crippen molar-refractivity contribution >= 4 is 30.9 Å². The van der Waals surface area contributed by atoms with E-state index in [0.717, 1.165) is 12.8 Å². The van der Waals surface area contributed by atoms with E-state index in [-0.39, 0.29) is 0 Å². The number of unbranched alkanes of at least 4 members (excludes halogenated alkanes) is 2. The summed E-state index contributed by atoms with van der Waals surface area (Å²) in [7, 11) is -0.829. The van der Waals surface area contributed by atoms with E-state index in [1.807, 2.05) is 0 Å². The first kappa shape index (κ1) is 16.5. The number of nitrogens with one attached hydrogen (secondary N) is 1. The fourth-order valence-electron chi connectivity index (χ4n) is 1.48. The normalized spacial score (nSPS) is 13.1. The second-order valence-electron chi connectivity index (χ2n) is 5.54. The molecule has 0 aliphatic rings. The molecular formula is C13H26INSi. The van der Waals surface area contributed by atoms with Crippen LogP contribution in [0.5, 0.6) is 0 Å². The molecule has 0 heterocycles. The Morgan fingerprint density at radius 1 is 1.25 bits per heavy atom. The molecule has 0 rings (SSSR count). The number of halogens is 1. The molecule has 1 atom stereocenters. The van der Waals surface area contributed by atoms with Crippen LogP contribution in [-0.2, 0) is 0 Å². The third-order valence-corrected chi connectivity index (χ3v) is 5.06. The Kier molecular flexibility index (Phi) is 9.77. The smallest absolute Gasteiger partial charge is 0.0774 e. The van der Waals surface area contributed by atoms with Crippen LogP contribution in [0.1, 0.15) is 39.0 Å². The Morgan fingerprint density at radius 3 is 2.44 bits per heavy atom. The zero-order valence-electron chi connectivity index (χ0n) is 11.2. The maximum Gasteiger partial charge on any atom is 0.0774 e. The van der Waals surface area contributed by atoms with Crippen molar-refractivity contribution in [3.05, 3.63) is 0 Å². The molecule has 0 fully saturated rings. The summed E-state index contributed by atoms with van der Waals surface area (Å²) in [6.45, 7) is 9.52. The van der Waals surface area contributed by atoms with Crippen LogP contribution in [0.3, 0.4) is 0 Å². The molecule has 0 aromatic carbocycles. The van der Waals surface area contributed by atoms with Crippen LogP contribution >= 0.6 is 22.9 Å². The summed E-state index contributed by atoms with van der Waals surface area (Å²) >= 11 is 2.23. The van der Waals surface area contributed by atoms with Crippen LogP contribution < -0.4 is 3.53 Å². The van der Waals surface area contributed by atoms with Crippen molar-refractivity contribution in [2.24, 2.45) is 0 Å². The van der Waals surface area contributed by atoms with Gasteiger partial charge in [0.2, 0.25) is 0 Å². The molecule has 0 bridgehead atoms. The molecule has 3 heteroatoms. The van der Waals surface area contributed by atoms with Gasteiger partial charge in [-0.2, -0.15) is 0 Å². The van der Waals surface area contributed by atoms with E-state index < -0.39 is 8.07 Å². The van der Waals surface area contributed by atoms with Gasteiger partial charge in [-0.05, 0) is 12.8 Å². The highest BCUT2D eigenvalue weighted by atomic mass is 127. The first-order valence-electron chi connectivity index (χ1n) is 6.34. The van der Waals surface area contributed by atoms with Gasteiger partial charge in [0, 0.05) is 37.4 Å². The highest BCUT2D eigenvalue weighted by Gasteiger charge is 2.12. The molecule has 0 radical (unpaired) electrons. The van der Waals surface area contributed by atoms with Gasteiger partial charge in [0.25, 0.3) is 0 Å². The lowest BCUT2D eigenvalue weighted by Gasteiger charge is -2.15. The Bertz CT molecular complexity index is 224. The van der Waals surface area contributed by atoms with Crippen molar-refractivity contribution in [3.8, 4) is 11.8 Å². The molecule has 1 nitrogen and oxygen atoms in total. The molecule has 0 spiro atoms.